The maximum atomic E-state index is 10.2. The third kappa shape index (κ3) is 3.42. The Balaban J connectivity index is 1.57. The highest BCUT2D eigenvalue weighted by atomic mass is 16.3. The molecule has 0 aromatic rings. The van der Waals surface area contributed by atoms with Crippen LogP contribution in [0.3, 0.4) is 0 Å². The molecule has 0 saturated heterocycles. The maximum Gasteiger partial charge on any atom is 0.0578 e. The van der Waals surface area contributed by atoms with E-state index in [-0.39, 0.29) is 6.10 Å². The Kier molecular flexibility index (Phi) is 5.52. The van der Waals surface area contributed by atoms with Gasteiger partial charge in [-0.3, -0.25) is 0 Å². The summed E-state index contributed by atoms with van der Waals surface area (Å²) < 4.78 is 0. The number of aliphatic hydroxyl groups is 1. The molecule has 0 aliphatic heterocycles. The second-order valence-corrected chi connectivity index (χ2v) is 11.5. The van der Waals surface area contributed by atoms with Crippen molar-refractivity contribution < 1.29 is 5.11 Å². The number of hydrogen-bond acceptors (Lipinski definition) is 1. The normalized spacial score (nSPS) is 42.7. The van der Waals surface area contributed by atoms with Gasteiger partial charge in [0.25, 0.3) is 0 Å². The second kappa shape index (κ2) is 7.56. The number of fused-ring (bicyclic) bond motifs is 5. The van der Waals surface area contributed by atoms with E-state index in [9.17, 15) is 5.11 Å². The molecule has 4 aliphatic rings. The van der Waals surface area contributed by atoms with Crippen molar-refractivity contribution >= 4 is 0 Å². The molecule has 1 nitrogen and oxygen atoms in total. The molecule has 4 aliphatic carbocycles. The van der Waals surface area contributed by atoms with Crippen molar-refractivity contribution in [2.75, 3.05) is 0 Å². The lowest BCUT2D eigenvalue weighted by molar-refractivity contribution is 0.0383. The summed E-state index contributed by atoms with van der Waals surface area (Å²) in [5.41, 5.74) is 5.25. The van der Waals surface area contributed by atoms with Crippen LogP contribution in [0.5, 0.6) is 0 Å². The average molecular weight is 395 g/mol. The molecule has 0 aromatic heterocycles. The summed E-state index contributed by atoms with van der Waals surface area (Å²) in [6.45, 7) is 16.2. The monoisotopic (exact) mass is 394 g/mol. The van der Waals surface area contributed by atoms with Crippen molar-refractivity contribution in [1.82, 2.24) is 0 Å². The van der Waals surface area contributed by atoms with Gasteiger partial charge in [-0.2, -0.15) is 0 Å². The number of allylic oxidation sites excluding steroid dienone is 6. The molecule has 0 aromatic carbocycles. The van der Waals surface area contributed by atoms with Gasteiger partial charge in [-0.25, -0.2) is 0 Å². The topological polar surface area (TPSA) is 20.2 Å². The summed E-state index contributed by atoms with van der Waals surface area (Å²) in [6, 6.07) is 0. The molecule has 0 amide bonds. The Labute approximate surface area is 179 Å². The highest BCUT2D eigenvalue weighted by molar-refractivity contribution is 5.39. The number of hydrogen-bond donors (Lipinski definition) is 1. The van der Waals surface area contributed by atoms with Gasteiger partial charge in [0.2, 0.25) is 0 Å². The summed E-state index contributed by atoms with van der Waals surface area (Å²) in [6.07, 6.45) is 17.9. The zero-order valence-electron chi connectivity index (χ0n) is 19.4. The van der Waals surface area contributed by atoms with E-state index in [2.05, 4.69) is 65.5 Å². The number of aliphatic hydroxyl groups excluding tert-OH is 1. The third-order valence-corrected chi connectivity index (χ3v) is 9.61. The van der Waals surface area contributed by atoms with E-state index in [4.69, 9.17) is 0 Å². The predicted octanol–water partition coefficient (Wildman–Crippen LogP) is 7.25. The standard InChI is InChI=1S/C28H42O/c1-18(2)19(3)7-8-20(4)24-11-12-25-23-10-9-21-17-22(29)13-15-27(21,5)26(23)14-16-28(24,25)6/h7-10,18,20,22,24-26,29H,3,11-17H2,1-2,4-6H3/t20-,22?,24-,25+,26+,27+,28-/m1/s1. The van der Waals surface area contributed by atoms with Crippen LogP contribution >= 0.6 is 0 Å². The van der Waals surface area contributed by atoms with Gasteiger partial charge >= 0.3 is 0 Å². The molecule has 3 saturated carbocycles. The first-order valence-corrected chi connectivity index (χ1v) is 12.1. The first-order chi connectivity index (χ1) is 13.7. The molecule has 29 heavy (non-hydrogen) atoms. The fourth-order valence-electron chi connectivity index (χ4n) is 7.49. The highest BCUT2D eigenvalue weighted by Crippen LogP contribution is 2.65. The molecule has 1 unspecified atom stereocenters. The van der Waals surface area contributed by atoms with Crippen LogP contribution in [-0.2, 0) is 0 Å². The van der Waals surface area contributed by atoms with Gasteiger partial charge in [0, 0.05) is 0 Å². The minimum absolute atomic E-state index is 0.123. The largest absolute Gasteiger partial charge is 0.393 e. The van der Waals surface area contributed by atoms with E-state index in [1.54, 1.807) is 5.57 Å². The summed E-state index contributed by atoms with van der Waals surface area (Å²) in [4.78, 5) is 0. The second-order valence-electron chi connectivity index (χ2n) is 11.5. The lowest BCUT2D eigenvalue weighted by Crippen LogP contribution is -2.46. The molecule has 3 fully saturated rings. The van der Waals surface area contributed by atoms with Crippen LogP contribution in [0.25, 0.3) is 0 Å². The molecule has 7 atom stereocenters. The van der Waals surface area contributed by atoms with Crippen molar-refractivity contribution in [3.63, 3.8) is 0 Å². The summed E-state index contributed by atoms with van der Waals surface area (Å²) in [7, 11) is 0. The van der Waals surface area contributed by atoms with Gasteiger partial charge in [0.15, 0.2) is 0 Å². The zero-order valence-corrected chi connectivity index (χ0v) is 19.4. The quantitative estimate of drug-likeness (QED) is 0.498. The molecule has 0 spiro atoms. The smallest absolute Gasteiger partial charge is 0.0578 e. The minimum atomic E-state index is -0.123. The van der Waals surface area contributed by atoms with Crippen LogP contribution in [0.1, 0.15) is 79.6 Å². The van der Waals surface area contributed by atoms with Crippen molar-refractivity contribution in [2.45, 2.75) is 85.7 Å². The van der Waals surface area contributed by atoms with Crippen molar-refractivity contribution in [3.8, 4) is 0 Å². The molecule has 160 valence electrons. The van der Waals surface area contributed by atoms with Crippen LogP contribution in [0.15, 0.2) is 47.6 Å². The molecule has 4 rings (SSSR count). The Morgan fingerprint density at radius 2 is 1.83 bits per heavy atom. The maximum absolute atomic E-state index is 10.2. The number of rotatable bonds is 4. The lowest BCUT2D eigenvalue weighted by atomic mass is 9.50. The fraction of sp³-hybridized carbons (Fsp3) is 0.714. The van der Waals surface area contributed by atoms with Gasteiger partial charge < -0.3 is 5.11 Å². The van der Waals surface area contributed by atoms with Gasteiger partial charge in [-0.05, 0) is 85.4 Å². The molecule has 0 bridgehead atoms. The van der Waals surface area contributed by atoms with Gasteiger partial charge in [0.1, 0.15) is 0 Å². The van der Waals surface area contributed by atoms with Crippen molar-refractivity contribution in [3.05, 3.63) is 47.6 Å². The SMILES string of the molecule is C=C(C=C[C@@H](C)[C@H]1CC[C@H]2C3=CC=C4CC(O)CC[C@]4(C)[C@H]3CC[C@]12C)C(C)C. The van der Waals surface area contributed by atoms with E-state index in [0.717, 1.165) is 31.1 Å². The first-order valence-electron chi connectivity index (χ1n) is 12.1. The molecule has 0 radical (unpaired) electrons. The van der Waals surface area contributed by atoms with Gasteiger partial charge in [0.05, 0.1) is 6.10 Å². The summed E-state index contributed by atoms with van der Waals surface area (Å²) in [5.74, 6) is 3.38. The van der Waals surface area contributed by atoms with E-state index in [1.807, 2.05) is 0 Å². The van der Waals surface area contributed by atoms with E-state index in [1.165, 1.54) is 36.8 Å². The molecular formula is C28H42O. The lowest BCUT2D eigenvalue weighted by Gasteiger charge is -2.55. The molecular weight excluding hydrogens is 352 g/mol. The van der Waals surface area contributed by atoms with E-state index in [0.29, 0.717) is 28.6 Å². The van der Waals surface area contributed by atoms with Crippen LogP contribution in [0.4, 0.5) is 0 Å². The molecule has 1 N–H and O–H groups in total. The Hall–Kier alpha value is -1.08. The van der Waals surface area contributed by atoms with E-state index < -0.39 is 0 Å². The van der Waals surface area contributed by atoms with Gasteiger partial charge in [-0.1, -0.05) is 82.2 Å². The van der Waals surface area contributed by atoms with E-state index >= 15 is 0 Å². The fourth-order valence-corrected chi connectivity index (χ4v) is 7.49. The summed E-state index contributed by atoms with van der Waals surface area (Å²) in [5, 5.41) is 10.2. The Morgan fingerprint density at radius 1 is 1.07 bits per heavy atom. The predicted molar refractivity (Wildman–Crippen MR) is 123 cm³/mol. The first kappa shape index (κ1) is 21.2. The van der Waals surface area contributed by atoms with Crippen LogP contribution in [-0.4, -0.2) is 11.2 Å². The van der Waals surface area contributed by atoms with Gasteiger partial charge in [-0.15, -0.1) is 0 Å². The minimum Gasteiger partial charge on any atom is -0.393 e. The van der Waals surface area contributed by atoms with Crippen molar-refractivity contribution in [1.29, 1.82) is 0 Å². The Bertz CT molecular complexity index is 752. The molecule has 1 heteroatoms. The van der Waals surface area contributed by atoms with Crippen LogP contribution in [0.2, 0.25) is 0 Å². The van der Waals surface area contributed by atoms with Crippen LogP contribution in [0, 0.1) is 40.4 Å². The van der Waals surface area contributed by atoms with Crippen LogP contribution < -0.4 is 0 Å². The highest BCUT2D eigenvalue weighted by Gasteiger charge is 2.56. The summed E-state index contributed by atoms with van der Waals surface area (Å²) >= 11 is 0. The average Bonchev–Trinajstić information content (AvgIpc) is 3.03. The van der Waals surface area contributed by atoms with Crippen molar-refractivity contribution in [2.24, 2.45) is 40.4 Å². The zero-order chi connectivity index (χ0) is 21.0. The third-order valence-electron chi connectivity index (χ3n) is 9.61. The molecule has 0 heterocycles. The Morgan fingerprint density at radius 3 is 2.55 bits per heavy atom.